The molecule has 1 heterocycles. The molecule has 2 N–H and O–H groups in total. The molecule has 0 aliphatic rings. The summed E-state index contributed by atoms with van der Waals surface area (Å²) < 4.78 is 27.2. The predicted octanol–water partition coefficient (Wildman–Crippen LogP) is 1.76. The Hall–Kier alpha value is -1.51. The molecule has 0 fully saturated rings. The van der Waals surface area contributed by atoms with Crippen LogP contribution in [0.4, 0.5) is 5.82 Å². The highest BCUT2D eigenvalue weighted by Crippen LogP contribution is 2.15. The van der Waals surface area contributed by atoms with Gasteiger partial charge in [0.1, 0.15) is 4.60 Å². The van der Waals surface area contributed by atoms with Gasteiger partial charge in [0.2, 0.25) is 0 Å². The van der Waals surface area contributed by atoms with Crippen molar-refractivity contribution in [1.29, 1.82) is 0 Å². The molecule has 0 atom stereocenters. The third-order valence-electron chi connectivity index (χ3n) is 2.47. The van der Waals surface area contributed by atoms with Gasteiger partial charge in [0.05, 0.1) is 17.3 Å². The zero-order chi connectivity index (χ0) is 14.6. The molecule has 2 rings (SSSR count). The smallest absolute Gasteiger partial charge is 0.263 e. The first-order valence-electron chi connectivity index (χ1n) is 5.75. The van der Waals surface area contributed by atoms with E-state index in [-0.39, 0.29) is 10.7 Å². The number of anilines is 1. The van der Waals surface area contributed by atoms with E-state index in [2.05, 4.69) is 35.9 Å². The summed E-state index contributed by atoms with van der Waals surface area (Å²) in [4.78, 5) is 8.02. The minimum Gasteiger partial charge on any atom is -0.316 e. The van der Waals surface area contributed by atoms with Gasteiger partial charge in [0, 0.05) is 6.54 Å². The number of rotatable bonds is 5. The van der Waals surface area contributed by atoms with E-state index in [0.29, 0.717) is 11.1 Å². The van der Waals surface area contributed by atoms with Gasteiger partial charge >= 0.3 is 0 Å². The summed E-state index contributed by atoms with van der Waals surface area (Å²) in [6, 6.07) is 6.64. The van der Waals surface area contributed by atoms with Crippen LogP contribution < -0.4 is 10.0 Å². The summed E-state index contributed by atoms with van der Waals surface area (Å²) in [5.74, 6) is 0.174. The largest absolute Gasteiger partial charge is 0.316 e. The van der Waals surface area contributed by atoms with Crippen molar-refractivity contribution in [3.8, 4) is 0 Å². The highest BCUT2D eigenvalue weighted by molar-refractivity contribution is 9.10. The van der Waals surface area contributed by atoms with Crippen LogP contribution in [0.2, 0.25) is 0 Å². The van der Waals surface area contributed by atoms with Gasteiger partial charge in [0.15, 0.2) is 5.82 Å². The Labute approximate surface area is 125 Å². The molecular formula is C12H13BrN4O2S. The lowest BCUT2D eigenvalue weighted by molar-refractivity contribution is 0.601. The van der Waals surface area contributed by atoms with Crippen LogP contribution in [0.1, 0.15) is 5.56 Å². The summed E-state index contributed by atoms with van der Waals surface area (Å²) in [5.41, 5.74) is 1.01. The fraction of sp³-hybridized carbons (Fsp3) is 0.167. The van der Waals surface area contributed by atoms with E-state index in [1.165, 1.54) is 12.4 Å². The van der Waals surface area contributed by atoms with Gasteiger partial charge in [-0.15, -0.1) is 0 Å². The highest BCUT2D eigenvalue weighted by Gasteiger charge is 2.14. The number of nitrogens with zero attached hydrogens (tertiary/aromatic N) is 2. The summed E-state index contributed by atoms with van der Waals surface area (Å²) in [7, 11) is -1.81. The van der Waals surface area contributed by atoms with Crippen LogP contribution >= 0.6 is 15.9 Å². The molecule has 0 saturated heterocycles. The van der Waals surface area contributed by atoms with Crippen LogP contribution in [0.25, 0.3) is 0 Å². The average Bonchev–Trinajstić information content (AvgIpc) is 2.42. The Morgan fingerprint density at radius 2 is 1.85 bits per heavy atom. The number of nitrogens with one attached hydrogen (secondary N) is 2. The molecule has 0 amide bonds. The summed E-state index contributed by atoms with van der Waals surface area (Å²) in [5, 5.41) is 3.00. The molecule has 1 aromatic carbocycles. The average molecular weight is 357 g/mol. The lowest BCUT2D eigenvalue weighted by Gasteiger charge is -2.07. The van der Waals surface area contributed by atoms with Crippen molar-refractivity contribution in [3.63, 3.8) is 0 Å². The summed E-state index contributed by atoms with van der Waals surface area (Å²) >= 11 is 3.14. The van der Waals surface area contributed by atoms with E-state index in [4.69, 9.17) is 0 Å². The Kier molecular flexibility index (Phi) is 4.69. The number of halogens is 1. The predicted molar refractivity (Wildman–Crippen MR) is 79.7 cm³/mol. The summed E-state index contributed by atoms with van der Waals surface area (Å²) in [6.07, 6.45) is 2.77. The molecule has 0 bridgehead atoms. The lowest BCUT2D eigenvalue weighted by Crippen LogP contribution is -2.14. The minimum atomic E-state index is -3.65. The normalized spacial score (nSPS) is 11.3. The molecule has 0 aliphatic carbocycles. The Bertz CT molecular complexity index is 672. The van der Waals surface area contributed by atoms with E-state index < -0.39 is 10.0 Å². The van der Waals surface area contributed by atoms with Crippen molar-refractivity contribution < 1.29 is 8.42 Å². The van der Waals surface area contributed by atoms with Crippen molar-refractivity contribution >= 4 is 31.8 Å². The maximum Gasteiger partial charge on any atom is 0.263 e. The molecule has 1 aromatic heterocycles. The SMILES string of the molecule is CNCc1ccc(S(=O)(=O)Nc2cnc(Br)cn2)cc1. The van der Waals surface area contributed by atoms with Gasteiger partial charge in [-0.3, -0.25) is 4.72 Å². The van der Waals surface area contributed by atoms with Crippen LogP contribution in [0.3, 0.4) is 0 Å². The van der Waals surface area contributed by atoms with Crippen LogP contribution in [-0.4, -0.2) is 25.4 Å². The topological polar surface area (TPSA) is 84.0 Å². The minimum absolute atomic E-state index is 0.174. The first-order chi connectivity index (χ1) is 9.51. The lowest BCUT2D eigenvalue weighted by atomic mass is 10.2. The molecule has 8 heteroatoms. The fourth-order valence-electron chi connectivity index (χ4n) is 1.55. The standard InChI is InChI=1S/C12H13BrN4O2S/c1-14-6-9-2-4-10(5-3-9)20(18,19)17-12-8-15-11(13)7-16-12/h2-5,7-8,14H,6H2,1H3,(H,16,17). The van der Waals surface area contributed by atoms with Crippen molar-refractivity contribution in [1.82, 2.24) is 15.3 Å². The maximum absolute atomic E-state index is 12.1. The van der Waals surface area contributed by atoms with E-state index >= 15 is 0 Å². The van der Waals surface area contributed by atoms with Crippen molar-refractivity contribution in [3.05, 3.63) is 46.8 Å². The molecule has 0 unspecified atom stereocenters. The molecule has 0 spiro atoms. The van der Waals surface area contributed by atoms with Gasteiger partial charge in [-0.2, -0.15) is 0 Å². The quantitative estimate of drug-likeness (QED) is 0.852. The zero-order valence-corrected chi connectivity index (χ0v) is 13.1. The fourth-order valence-corrected chi connectivity index (χ4v) is 2.75. The zero-order valence-electron chi connectivity index (χ0n) is 10.7. The first kappa shape index (κ1) is 14.9. The Morgan fingerprint density at radius 1 is 1.15 bits per heavy atom. The molecule has 20 heavy (non-hydrogen) atoms. The number of sulfonamides is 1. The molecule has 2 aromatic rings. The van der Waals surface area contributed by atoms with Gasteiger partial charge in [-0.05, 0) is 40.7 Å². The Balaban J connectivity index is 2.19. The summed E-state index contributed by atoms with van der Waals surface area (Å²) in [6.45, 7) is 0.686. The molecule has 0 saturated carbocycles. The maximum atomic E-state index is 12.1. The van der Waals surface area contributed by atoms with E-state index in [0.717, 1.165) is 5.56 Å². The van der Waals surface area contributed by atoms with Gasteiger partial charge in [0.25, 0.3) is 10.0 Å². The molecule has 0 aliphatic heterocycles. The van der Waals surface area contributed by atoms with Crippen LogP contribution in [0.15, 0.2) is 46.2 Å². The van der Waals surface area contributed by atoms with E-state index in [1.807, 2.05) is 7.05 Å². The third-order valence-corrected chi connectivity index (χ3v) is 4.25. The second-order valence-corrected chi connectivity index (χ2v) is 6.50. The number of benzene rings is 1. The van der Waals surface area contributed by atoms with E-state index in [1.54, 1.807) is 24.3 Å². The molecular weight excluding hydrogens is 344 g/mol. The van der Waals surface area contributed by atoms with Crippen molar-refractivity contribution in [2.75, 3.05) is 11.8 Å². The van der Waals surface area contributed by atoms with E-state index in [9.17, 15) is 8.42 Å². The van der Waals surface area contributed by atoms with Crippen LogP contribution in [0, 0.1) is 0 Å². The second kappa shape index (κ2) is 6.29. The molecule has 106 valence electrons. The van der Waals surface area contributed by atoms with Gasteiger partial charge in [-0.25, -0.2) is 18.4 Å². The second-order valence-electron chi connectivity index (χ2n) is 4.00. The first-order valence-corrected chi connectivity index (χ1v) is 8.03. The van der Waals surface area contributed by atoms with Gasteiger partial charge < -0.3 is 5.32 Å². The van der Waals surface area contributed by atoms with Crippen LogP contribution in [-0.2, 0) is 16.6 Å². The third kappa shape index (κ3) is 3.75. The Morgan fingerprint density at radius 3 is 2.40 bits per heavy atom. The molecule has 6 nitrogen and oxygen atoms in total. The van der Waals surface area contributed by atoms with Crippen molar-refractivity contribution in [2.45, 2.75) is 11.4 Å². The number of hydrogen-bond acceptors (Lipinski definition) is 5. The highest BCUT2D eigenvalue weighted by atomic mass is 79.9. The molecule has 0 radical (unpaired) electrons. The monoisotopic (exact) mass is 356 g/mol. The van der Waals surface area contributed by atoms with Gasteiger partial charge in [-0.1, -0.05) is 12.1 Å². The van der Waals surface area contributed by atoms with Crippen LogP contribution in [0.5, 0.6) is 0 Å². The van der Waals surface area contributed by atoms with Crippen molar-refractivity contribution in [2.24, 2.45) is 0 Å². The number of hydrogen-bond donors (Lipinski definition) is 2. The number of aromatic nitrogens is 2.